The van der Waals surface area contributed by atoms with E-state index in [2.05, 4.69) is 49.5 Å². The summed E-state index contributed by atoms with van der Waals surface area (Å²) in [7, 11) is 0. The van der Waals surface area contributed by atoms with Crippen molar-refractivity contribution < 1.29 is 0 Å². The molecule has 0 saturated carbocycles. The van der Waals surface area contributed by atoms with E-state index in [0.717, 1.165) is 12.5 Å². The maximum atomic E-state index is 3.23. The molecule has 1 N–H and O–H groups in total. The monoisotopic (exact) mass is 177 g/mol. The lowest BCUT2D eigenvalue weighted by Crippen LogP contribution is -2.07. The van der Waals surface area contributed by atoms with Gasteiger partial charge in [-0.3, -0.25) is 0 Å². The summed E-state index contributed by atoms with van der Waals surface area (Å²) in [5, 5.41) is 3.23. The fourth-order valence-electron chi connectivity index (χ4n) is 1.41. The van der Waals surface area contributed by atoms with Crippen molar-refractivity contribution >= 4 is 0 Å². The van der Waals surface area contributed by atoms with Gasteiger partial charge in [0.1, 0.15) is 0 Å². The van der Waals surface area contributed by atoms with Crippen LogP contribution in [0.15, 0.2) is 36.1 Å². The lowest BCUT2D eigenvalue weighted by molar-refractivity contribution is 0.715. The molecule has 0 spiro atoms. The van der Waals surface area contributed by atoms with Crippen LogP contribution in [0.25, 0.3) is 0 Å². The topological polar surface area (TPSA) is 12.0 Å². The van der Waals surface area contributed by atoms with Crippen LogP contribution >= 0.6 is 0 Å². The molecule has 0 bridgehead atoms. The molecule has 1 nitrogen and oxygen atoms in total. The minimum absolute atomic E-state index is 0.750. The highest BCUT2D eigenvalue weighted by atomic mass is 14.9. The zero-order valence-electron chi connectivity index (χ0n) is 8.59. The Morgan fingerprint density at radius 3 is 2.00 bits per heavy atom. The van der Waals surface area contributed by atoms with Crippen molar-refractivity contribution in [1.29, 1.82) is 0 Å². The number of hydrogen-bond acceptors (Lipinski definition) is 1. The fraction of sp³-hybridized carbons (Fsp3) is 0.500. The van der Waals surface area contributed by atoms with Crippen LogP contribution in [-0.2, 0) is 0 Å². The molecule has 0 aromatic carbocycles. The van der Waals surface area contributed by atoms with Gasteiger partial charge in [-0.05, 0) is 25.7 Å². The van der Waals surface area contributed by atoms with Crippen LogP contribution in [0.4, 0.5) is 0 Å². The van der Waals surface area contributed by atoms with Crippen LogP contribution in [0.2, 0.25) is 0 Å². The highest BCUT2D eigenvalue weighted by Crippen LogP contribution is 2.05. The van der Waals surface area contributed by atoms with E-state index in [1.54, 1.807) is 0 Å². The van der Waals surface area contributed by atoms with Gasteiger partial charge in [0.2, 0.25) is 0 Å². The van der Waals surface area contributed by atoms with E-state index in [1.165, 1.54) is 18.5 Å². The smallest absolute Gasteiger partial charge is 0.0204 e. The highest BCUT2D eigenvalue weighted by molar-refractivity contribution is 5.07. The first kappa shape index (κ1) is 10.1. The SMILES string of the molecule is C1=CCCC=C1.CC1=CC(C)CN1. The first-order chi connectivity index (χ1) is 6.29. The normalized spacial score (nSPS) is 24.5. The number of rotatable bonds is 0. The summed E-state index contributed by atoms with van der Waals surface area (Å²) in [6.45, 7) is 5.44. The minimum Gasteiger partial charge on any atom is -0.388 e. The molecule has 72 valence electrons. The molecule has 2 aliphatic rings. The van der Waals surface area contributed by atoms with Gasteiger partial charge in [-0.25, -0.2) is 0 Å². The van der Waals surface area contributed by atoms with Gasteiger partial charge in [0.05, 0.1) is 0 Å². The van der Waals surface area contributed by atoms with E-state index in [0.29, 0.717) is 0 Å². The summed E-state index contributed by atoms with van der Waals surface area (Å²) >= 11 is 0. The zero-order chi connectivity index (χ0) is 9.52. The molecule has 0 radical (unpaired) electrons. The maximum Gasteiger partial charge on any atom is 0.0204 e. The first-order valence-electron chi connectivity index (χ1n) is 5.03. The summed E-state index contributed by atoms with van der Waals surface area (Å²) in [4.78, 5) is 0. The highest BCUT2D eigenvalue weighted by Gasteiger charge is 2.03. The molecule has 2 rings (SSSR count). The Morgan fingerprint density at radius 2 is 1.85 bits per heavy atom. The Bertz CT molecular complexity index is 211. The lowest BCUT2D eigenvalue weighted by atomic mass is 10.2. The molecule has 1 unspecified atom stereocenters. The molecule has 1 atom stereocenters. The summed E-state index contributed by atoms with van der Waals surface area (Å²) in [6.07, 6.45) is 13.2. The molecule has 0 aromatic rings. The van der Waals surface area contributed by atoms with Crippen LogP contribution in [0.1, 0.15) is 26.7 Å². The molecule has 0 saturated heterocycles. The quantitative estimate of drug-likeness (QED) is 0.599. The van der Waals surface area contributed by atoms with Crippen LogP contribution in [0, 0.1) is 5.92 Å². The second-order valence-electron chi connectivity index (χ2n) is 3.64. The van der Waals surface area contributed by atoms with Crippen molar-refractivity contribution in [2.45, 2.75) is 26.7 Å². The summed E-state index contributed by atoms with van der Waals surface area (Å²) < 4.78 is 0. The van der Waals surface area contributed by atoms with Gasteiger partial charge >= 0.3 is 0 Å². The molecule has 1 heterocycles. The average molecular weight is 177 g/mol. The van der Waals surface area contributed by atoms with Gasteiger partial charge < -0.3 is 5.32 Å². The van der Waals surface area contributed by atoms with E-state index in [9.17, 15) is 0 Å². The second kappa shape index (κ2) is 5.63. The van der Waals surface area contributed by atoms with Crippen molar-refractivity contribution in [3.63, 3.8) is 0 Å². The lowest BCUT2D eigenvalue weighted by Gasteiger charge is -1.93. The molecule has 0 aromatic heterocycles. The fourth-order valence-corrected chi connectivity index (χ4v) is 1.41. The molecule has 1 aliphatic carbocycles. The Hall–Kier alpha value is -0.980. The summed E-state index contributed by atoms with van der Waals surface area (Å²) in [5.41, 5.74) is 1.33. The minimum atomic E-state index is 0.750. The Balaban J connectivity index is 0.000000132. The van der Waals surface area contributed by atoms with E-state index in [4.69, 9.17) is 0 Å². The van der Waals surface area contributed by atoms with E-state index >= 15 is 0 Å². The zero-order valence-corrected chi connectivity index (χ0v) is 8.59. The Kier molecular flexibility index (Phi) is 4.37. The van der Waals surface area contributed by atoms with E-state index in [-0.39, 0.29) is 0 Å². The van der Waals surface area contributed by atoms with Gasteiger partial charge in [-0.2, -0.15) is 0 Å². The van der Waals surface area contributed by atoms with Gasteiger partial charge in [-0.15, -0.1) is 0 Å². The third-order valence-corrected chi connectivity index (χ3v) is 2.12. The third kappa shape index (κ3) is 4.56. The number of hydrogen-bond donors (Lipinski definition) is 1. The second-order valence-corrected chi connectivity index (χ2v) is 3.64. The third-order valence-electron chi connectivity index (χ3n) is 2.12. The predicted molar refractivity (Wildman–Crippen MR) is 58.4 cm³/mol. The van der Waals surface area contributed by atoms with Gasteiger partial charge in [0.15, 0.2) is 0 Å². The molecule has 0 amide bonds. The van der Waals surface area contributed by atoms with Crippen LogP contribution < -0.4 is 5.32 Å². The van der Waals surface area contributed by atoms with E-state index in [1.807, 2.05) is 0 Å². The summed E-state index contributed by atoms with van der Waals surface area (Å²) in [6, 6.07) is 0. The molecular formula is C12H19N. The van der Waals surface area contributed by atoms with Crippen LogP contribution in [0.5, 0.6) is 0 Å². The van der Waals surface area contributed by atoms with Gasteiger partial charge in [0, 0.05) is 12.2 Å². The van der Waals surface area contributed by atoms with Crippen molar-refractivity contribution in [1.82, 2.24) is 5.32 Å². The average Bonchev–Trinajstić information content (AvgIpc) is 2.54. The van der Waals surface area contributed by atoms with Crippen molar-refractivity contribution in [2.75, 3.05) is 6.54 Å². The molecule has 1 aliphatic heterocycles. The van der Waals surface area contributed by atoms with Crippen LogP contribution in [-0.4, -0.2) is 6.54 Å². The molecule has 0 fully saturated rings. The first-order valence-corrected chi connectivity index (χ1v) is 5.03. The maximum absolute atomic E-state index is 3.23. The van der Waals surface area contributed by atoms with Crippen molar-refractivity contribution in [3.05, 3.63) is 36.1 Å². The molecule has 1 heteroatoms. The van der Waals surface area contributed by atoms with Crippen molar-refractivity contribution in [3.8, 4) is 0 Å². The molecular weight excluding hydrogens is 158 g/mol. The number of nitrogens with one attached hydrogen (secondary N) is 1. The van der Waals surface area contributed by atoms with Crippen molar-refractivity contribution in [2.24, 2.45) is 5.92 Å². The number of allylic oxidation sites excluding steroid dienone is 5. The Labute approximate surface area is 81.2 Å². The van der Waals surface area contributed by atoms with Crippen LogP contribution in [0.3, 0.4) is 0 Å². The van der Waals surface area contributed by atoms with E-state index < -0.39 is 0 Å². The summed E-state index contributed by atoms with van der Waals surface area (Å²) in [5.74, 6) is 0.750. The van der Waals surface area contributed by atoms with Gasteiger partial charge in [-0.1, -0.05) is 37.3 Å². The predicted octanol–water partition coefficient (Wildman–Crippen LogP) is 3.02. The van der Waals surface area contributed by atoms with Gasteiger partial charge in [0.25, 0.3) is 0 Å². The Morgan fingerprint density at radius 1 is 1.23 bits per heavy atom. The standard InChI is InChI=1S/C6H11N.C6H8/c1-5-3-6(2)7-4-5;1-2-4-6-5-3-1/h3,5,7H,4H2,1-2H3;1-4H,5-6H2. The largest absolute Gasteiger partial charge is 0.388 e. The molecule has 13 heavy (non-hydrogen) atoms.